The van der Waals surface area contributed by atoms with Crippen LogP contribution in [0, 0.1) is 11.8 Å². The average molecular weight is 183 g/mol. The summed E-state index contributed by atoms with van der Waals surface area (Å²) in [5.41, 5.74) is 0. The monoisotopic (exact) mass is 183 g/mol. The van der Waals surface area contributed by atoms with Crippen LogP contribution in [0.3, 0.4) is 0 Å². The van der Waals surface area contributed by atoms with Gasteiger partial charge in [-0.2, -0.15) is 0 Å². The van der Waals surface area contributed by atoms with Crippen molar-refractivity contribution in [3.05, 3.63) is 0 Å². The molecule has 1 fully saturated rings. The lowest BCUT2D eigenvalue weighted by Gasteiger charge is -2.18. The maximum atomic E-state index is 3.66. The first-order chi connectivity index (χ1) is 6.18. The summed E-state index contributed by atoms with van der Waals surface area (Å²) in [7, 11) is 0. The average Bonchev–Trinajstić information content (AvgIpc) is 2.51. The Bertz CT molecular complexity index is 125. The van der Waals surface area contributed by atoms with Crippen LogP contribution in [0.4, 0.5) is 0 Å². The molecule has 1 heteroatoms. The van der Waals surface area contributed by atoms with Crippen LogP contribution < -0.4 is 5.32 Å². The van der Waals surface area contributed by atoms with Gasteiger partial charge in [0.05, 0.1) is 0 Å². The second-order valence-corrected chi connectivity index (χ2v) is 5.09. The summed E-state index contributed by atoms with van der Waals surface area (Å²) in [6.45, 7) is 8.17. The van der Waals surface area contributed by atoms with E-state index in [1.807, 2.05) is 0 Å². The van der Waals surface area contributed by atoms with Crippen molar-refractivity contribution in [2.75, 3.05) is 6.54 Å². The minimum atomic E-state index is 0.709. The quantitative estimate of drug-likeness (QED) is 0.690. The number of nitrogens with one attached hydrogen (secondary N) is 1. The summed E-state index contributed by atoms with van der Waals surface area (Å²) in [6.07, 6.45) is 7.16. The zero-order chi connectivity index (χ0) is 9.68. The maximum Gasteiger partial charge on any atom is 0.00412 e. The molecule has 1 N–H and O–H groups in total. The Morgan fingerprint density at radius 1 is 1.15 bits per heavy atom. The molecule has 0 aliphatic heterocycles. The standard InChI is InChI=1S/C12H25N/c1-10(2)8-11(3)13-9-12-6-4-5-7-12/h10-13H,4-9H2,1-3H3. The van der Waals surface area contributed by atoms with E-state index in [-0.39, 0.29) is 0 Å². The fourth-order valence-corrected chi connectivity index (χ4v) is 2.37. The molecule has 0 radical (unpaired) electrons. The zero-order valence-electron chi connectivity index (χ0n) is 9.47. The highest BCUT2D eigenvalue weighted by atomic mass is 14.9. The van der Waals surface area contributed by atoms with E-state index in [0.29, 0.717) is 6.04 Å². The molecule has 1 aliphatic rings. The third-order valence-corrected chi connectivity index (χ3v) is 3.05. The molecular formula is C12H25N. The van der Waals surface area contributed by atoms with Crippen molar-refractivity contribution in [1.82, 2.24) is 5.32 Å². The van der Waals surface area contributed by atoms with Gasteiger partial charge in [0.15, 0.2) is 0 Å². The highest BCUT2D eigenvalue weighted by molar-refractivity contribution is 4.72. The third kappa shape index (κ3) is 4.66. The Labute approximate surface area is 83.3 Å². The Hall–Kier alpha value is -0.0400. The molecule has 1 saturated carbocycles. The second kappa shape index (κ2) is 5.64. The van der Waals surface area contributed by atoms with Crippen LogP contribution >= 0.6 is 0 Å². The van der Waals surface area contributed by atoms with Crippen LogP contribution in [0.1, 0.15) is 52.9 Å². The topological polar surface area (TPSA) is 12.0 Å². The lowest BCUT2D eigenvalue weighted by molar-refractivity contribution is 0.398. The van der Waals surface area contributed by atoms with Crippen LogP contribution in [-0.2, 0) is 0 Å². The molecule has 0 bridgehead atoms. The van der Waals surface area contributed by atoms with E-state index < -0.39 is 0 Å². The third-order valence-electron chi connectivity index (χ3n) is 3.05. The molecule has 0 aromatic heterocycles. The number of hydrogen-bond donors (Lipinski definition) is 1. The highest BCUT2D eigenvalue weighted by Gasteiger charge is 2.15. The fraction of sp³-hybridized carbons (Fsp3) is 1.00. The Kier molecular flexibility index (Phi) is 4.79. The van der Waals surface area contributed by atoms with Gasteiger partial charge in [-0.15, -0.1) is 0 Å². The minimum Gasteiger partial charge on any atom is -0.314 e. The van der Waals surface area contributed by atoms with E-state index in [4.69, 9.17) is 0 Å². The largest absolute Gasteiger partial charge is 0.314 e. The van der Waals surface area contributed by atoms with Crippen LogP contribution in [-0.4, -0.2) is 12.6 Å². The Balaban J connectivity index is 2.03. The van der Waals surface area contributed by atoms with E-state index in [9.17, 15) is 0 Å². The molecule has 0 saturated heterocycles. The van der Waals surface area contributed by atoms with Gasteiger partial charge in [0.1, 0.15) is 0 Å². The first-order valence-electron chi connectivity index (χ1n) is 5.92. The minimum absolute atomic E-state index is 0.709. The summed E-state index contributed by atoms with van der Waals surface area (Å²) < 4.78 is 0. The zero-order valence-corrected chi connectivity index (χ0v) is 9.47. The number of hydrogen-bond acceptors (Lipinski definition) is 1. The van der Waals surface area contributed by atoms with Gasteiger partial charge in [-0.1, -0.05) is 26.7 Å². The molecule has 0 aromatic rings. The maximum absolute atomic E-state index is 3.66. The molecule has 13 heavy (non-hydrogen) atoms. The molecule has 0 spiro atoms. The predicted octanol–water partition coefficient (Wildman–Crippen LogP) is 3.20. The molecule has 1 rings (SSSR count). The summed E-state index contributed by atoms with van der Waals surface area (Å²) in [4.78, 5) is 0. The first kappa shape index (κ1) is 11.0. The van der Waals surface area contributed by atoms with Gasteiger partial charge in [-0.3, -0.25) is 0 Å². The van der Waals surface area contributed by atoms with Crippen molar-refractivity contribution in [2.24, 2.45) is 11.8 Å². The van der Waals surface area contributed by atoms with Gasteiger partial charge in [-0.25, -0.2) is 0 Å². The summed E-state index contributed by atoms with van der Waals surface area (Å²) in [5.74, 6) is 1.81. The van der Waals surface area contributed by atoms with Gasteiger partial charge in [0.25, 0.3) is 0 Å². The molecule has 1 nitrogen and oxygen atoms in total. The second-order valence-electron chi connectivity index (χ2n) is 5.09. The lowest BCUT2D eigenvalue weighted by atomic mass is 10.0. The van der Waals surface area contributed by atoms with Crippen molar-refractivity contribution in [3.8, 4) is 0 Å². The van der Waals surface area contributed by atoms with E-state index in [2.05, 4.69) is 26.1 Å². The van der Waals surface area contributed by atoms with Gasteiger partial charge >= 0.3 is 0 Å². The highest BCUT2D eigenvalue weighted by Crippen LogP contribution is 2.23. The van der Waals surface area contributed by atoms with Crippen molar-refractivity contribution in [1.29, 1.82) is 0 Å². The van der Waals surface area contributed by atoms with Gasteiger partial charge in [-0.05, 0) is 44.6 Å². The molecule has 1 atom stereocenters. The molecule has 1 unspecified atom stereocenters. The van der Waals surface area contributed by atoms with Crippen LogP contribution in [0.15, 0.2) is 0 Å². The van der Waals surface area contributed by atoms with E-state index in [1.54, 1.807) is 0 Å². The fourth-order valence-electron chi connectivity index (χ4n) is 2.37. The molecule has 0 heterocycles. The van der Waals surface area contributed by atoms with Crippen molar-refractivity contribution in [2.45, 2.75) is 58.9 Å². The van der Waals surface area contributed by atoms with Crippen molar-refractivity contribution in [3.63, 3.8) is 0 Å². The van der Waals surface area contributed by atoms with Crippen LogP contribution in [0.25, 0.3) is 0 Å². The Morgan fingerprint density at radius 3 is 2.31 bits per heavy atom. The summed E-state index contributed by atoms with van der Waals surface area (Å²) in [6, 6.07) is 0.709. The van der Waals surface area contributed by atoms with Gasteiger partial charge < -0.3 is 5.32 Å². The summed E-state index contributed by atoms with van der Waals surface area (Å²) in [5, 5.41) is 3.66. The molecule has 0 amide bonds. The predicted molar refractivity (Wildman–Crippen MR) is 58.9 cm³/mol. The first-order valence-corrected chi connectivity index (χ1v) is 5.92. The van der Waals surface area contributed by atoms with Crippen LogP contribution in [0.5, 0.6) is 0 Å². The smallest absolute Gasteiger partial charge is 0.00412 e. The molecule has 78 valence electrons. The van der Waals surface area contributed by atoms with E-state index >= 15 is 0 Å². The van der Waals surface area contributed by atoms with Gasteiger partial charge in [0.2, 0.25) is 0 Å². The van der Waals surface area contributed by atoms with Crippen molar-refractivity contribution < 1.29 is 0 Å². The lowest BCUT2D eigenvalue weighted by Crippen LogP contribution is -2.31. The molecule has 1 aliphatic carbocycles. The SMILES string of the molecule is CC(C)CC(C)NCC1CCCC1. The van der Waals surface area contributed by atoms with E-state index in [1.165, 1.54) is 38.6 Å². The molecule has 0 aromatic carbocycles. The normalized spacial score (nSPS) is 21.2. The summed E-state index contributed by atoms with van der Waals surface area (Å²) >= 11 is 0. The Morgan fingerprint density at radius 2 is 1.77 bits per heavy atom. The number of rotatable bonds is 5. The van der Waals surface area contributed by atoms with Crippen molar-refractivity contribution >= 4 is 0 Å². The molecular weight excluding hydrogens is 158 g/mol. The van der Waals surface area contributed by atoms with Gasteiger partial charge in [0, 0.05) is 6.04 Å². The van der Waals surface area contributed by atoms with E-state index in [0.717, 1.165) is 11.8 Å². The van der Waals surface area contributed by atoms with Crippen LogP contribution in [0.2, 0.25) is 0 Å².